The highest BCUT2D eigenvalue weighted by atomic mass is 35.5. The molecule has 2 saturated heterocycles. The lowest BCUT2D eigenvalue weighted by molar-refractivity contribution is 0.0982. The van der Waals surface area contributed by atoms with Crippen LogP contribution < -0.4 is 30.1 Å². The number of halogens is 1. The Morgan fingerprint density at radius 1 is 1.20 bits per heavy atom. The second kappa shape index (κ2) is 8.58. The summed E-state index contributed by atoms with van der Waals surface area (Å²) < 4.78 is 5.72. The SMILES string of the molecule is COc1cc(Nc2ncc3c(n2)N(C)CN(c2ccccc2Cl)C3=O)ccc1N1C[C@H]2C[C@H]1CN2. The maximum atomic E-state index is 13.2. The molecule has 9 nitrogen and oxygen atoms in total. The van der Waals surface area contributed by atoms with Crippen molar-refractivity contribution in [2.24, 2.45) is 0 Å². The van der Waals surface area contributed by atoms with Crippen molar-refractivity contribution >= 4 is 46.3 Å². The first-order chi connectivity index (χ1) is 17.0. The zero-order chi connectivity index (χ0) is 24.1. The number of nitrogens with one attached hydrogen (secondary N) is 2. The Labute approximate surface area is 208 Å². The number of amides is 1. The molecule has 10 heteroatoms. The van der Waals surface area contributed by atoms with Crippen molar-refractivity contribution in [3.63, 3.8) is 0 Å². The highest BCUT2D eigenvalue weighted by Gasteiger charge is 2.38. The molecule has 0 radical (unpaired) electrons. The Bertz CT molecular complexity index is 1300. The van der Waals surface area contributed by atoms with Gasteiger partial charge in [-0.2, -0.15) is 4.98 Å². The summed E-state index contributed by atoms with van der Waals surface area (Å²) in [5, 5.41) is 7.32. The molecule has 0 saturated carbocycles. The number of hydrogen-bond donors (Lipinski definition) is 2. The molecule has 2 aromatic carbocycles. The number of fused-ring (bicyclic) bond motifs is 3. The molecule has 2 N–H and O–H groups in total. The smallest absolute Gasteiger partial charge is 0.265 e. The first-order valence-electron chi connectivity index (χ1n) is 11.6. The van der Waals surface area contributed by atoms with Gasteiger partial charge in [0.2, 0.25) is 5.95 Å². The summed E-state index contributed by atoms with van der Waals surface area (Å²) >= 11 is 6.34. The summed E-state index contributed by atoms with van der Waals surface area (Å²) in [5.41, 5.74) is 3.00. The average Bonchev–Trinajstić information content (AvgIpc) is 3.51. The van der Waals surface area contributed by atoms with Crippen LogP contribution in [0.4, 0.5) is 28.8 Å². The number of methoxy groups -OCH3 is 1. The highest BCUT2D eigenvalue weighted by Crippen LogP contribution is 2.38. The van der Waals surface area contributed by atoms with Crippen molar-refractivity contribution < 1.29 is 9.53 Å². The number of benzene rings is 2. The van der Waals surface area contributed by atoms with Crippen molar-refractivity contribution in [1.82, 2.24) is 15.3 Å². The van der Waals surface area contributed by atoms with Gasteiger partial charge in [-0.05, 0) is 30.7 Å². The van der Waals surface area contributed by atoms with Gasteiger partial charge in [0, 0.05) is 50.2 Å². The lowest BCUT2D eigenvalue weighted by Crippen LogP contribution is -2.46. The Hall–Kier alpha value is -3.56. The van der Waals surface area contributed by atoms with E-state index in [1.54, 1.807) is 24.3 Å². The van der Waals surface area contributed by atoms with Gasteiger partial charge in [-0.15, -0.1) is 0 Å². The van der Waals surface area contributed by atoms with E-state index in [2.05, 4.69) is 31.6 Å². The number of carbonyl (C=O) groups excluding carboxylic acids is 1. The van der Waals surface area contributed by atoms with E-state index in [0.29, 0.717) is 46.8 Å². The van der Waals surface area contributed by atoms with Crippen LogP contribution in [0.3, 0.4) is 0 Å². The van der Waals surface area contributed by atoms with E-state index in [4.69, 9.17) is 16.3 Å². The van der Waals surface area contributed by atoms with E-state index in [0.717, 1.165) is 30.2 Å². The largest absolute Gasteiger partial charge is 0.495 e. The quantitative estimate of drug-likeness (QED) is 0.561. The first kappa shape index (κ1) is 21.9. The van der Waals surface area contributed by atoms with E-state index in [1.807, 2.05) is 42.3 Å². The number of nitrogens with zero attached hydrogens (tertiary/aromatic N) is 5. The molecule has 2 atom stereocenters. The number of carbonyl (C=O) groups is 1. The van der Waals surface area contributed by atoms with Gasteiger partial charge in [0.15, 0.2) is 0 Å². The van der Waals surface area contributed by atoms with Crippen molar-refractivity contribution in [3.8, 4) is 5.75 Å². The fraction of sp³-hybridized carbons (Fsp3) is 0.320. The molecule has 3 aliphatic heterocycles. The zero-order valence-electron chi connectivity index (χ0n) is 19.5. The third-order valence-electron chi connectivity index (χ3n) is 6.90. The Morgan fingerprint density at radius 3 is 2.80 bits per heavy atom. The van der Waals surface area contributed by atoms with Gasteiger partial charge in [-0.25, -0.2) is 4.98 Å². The van der Waals surface area contributed by atoms with E-state index in [-0.39, 0.29) is 5.91 Å². The van der Waals surface area contributed by atoms with Crippen molar-refractivity contribution in [3.05, 3.63) is 59.2 Å². The van der Waals surface area contributed by atoms with Gasteiger partial charge >= 0.3 is 0 Å². The van der Waals surface area contributed by atoms with Crippen LogP contribution in [-0.2, 0) is 0 Å². The lowest BCUT2D eigenvalue weighted by Gasteiger charge is -2.35. The second-order valence-corrected chi connectivity index (χ2v) is 9.52. The molecule has 3 aliphatic rings. The van der Waals surface area contributed by atoms with Crippen LogP contribution in [0.5, 0.6) is 5.75 Å². The normalized spacial score (nSPS) is 20.9. The monoisotopic (exact) mass is 491 g/mol. The second-order valence-electron chi connectivity index (χ2n) is 9.11. The Kier molecular flexibility index (Phi) is 5.38. The van der Waals surface area contributed by atoms with Gasteiger partial charge in [0.1, 0.15) is 17.1 Å². The van der Waals surface area contributed by atoms with Crippen LogP contribution >= 0.6 is 11.6 Å². The minimum absolute atomic E-state index is 0.182. The highest BCUT2D eigenvalue weighted by molar-refractivity contribution is 6.34. The van der Waals surface area contributed by atoms with Crippen molar-refractivity contribution in [2.45, 2.75) is 18.5 Å². The van der Waals surface area contributed by atoms with E-state index in [1.165, 1.54) is 6.42 Å². The zero-order valence-corrected chi connectivity index (χ0v) is 20.3. The minimum Gasteiger partial charge on any atom is -0.495 e. The molecule has 0 aliphatic carbocycles. The number of aromatic nitrogens is 2. The van der Waals surface area contributed by atoms with Gasteiger partial charge in [0.05, 0.1) is 30.2 Å². The minimum atomic E-state index is -0.182. The molecule has 0 unspecified atom stereocenters. The molecular weight excluding hydrogens is 466 g/mol. The molecule has 2 bridgehead atoms. The number of ether oxygens (including phenoxy) is 1. The molecule has 180 valence electrons. The predicted octanol–water partition coefficient (Wildman–Crippen LogP) is 3.49. The van der Waals surface area contributed by atoms with Crippen molar-refractivity contribution in [1.29, 1.82) is 0 Å². The van der Waals surface area contributed by atoms with E-state index in [9.17, 15) is 4.79 Å². The Balaban J connectivity index is 1.24. The lowest BCUT2D eigenvalue weighted by atomic mass is 10.2. The molecule has 6 rings (SSSR count). The first-order valence-corrected chi connectivity index (χ1v) is 12.0. The molecule has 4 heterocycles. The van der Waals surface area contributed by atoms with E-state index >= 15 is 0 Å². The van der Waals surface area contributed by atoms with Crippen LogP contribution in [0.15, 0.2) is 48.7 Å². The van der Waals surface area contributed by atoms with Crippen LogP contribution in [0.2, 0.25) is 5.02 Å². The maximum Gasteiger partial charge on any atom is 0.265 e. The third kappa shape index (κ3) is 3.81. The number of piperazine rings is 1. The van der Waals surface area contributed by atoms with Gasteiger partial charge in [0.25, 0.3) is 5.91 Å². The van der Waals surface area contributed by atoms with Crippen molar-refractivity contribution in [2.75, 3.05) is 53.9 Å². The number of rotatable bonds is 5. The van der Waals surface area contributed by atoms with Crippen LogP contribution in [-0.4, -0.2) is 61.9 Å². The van der Waals surface area contributed by atoms with Gasteiger partial charge < -0.3 is 25.2 Å². The van der Waals surface area contributed by atoms with Gasteiger partial charge in [-0.1, -0.05) is 23.7 Å². The third-order valence-corrected chi connectivity index (χ3v) is 7.22. The summed E-state index contributed by atoms with van der Waals surface area (Å²) in [6, 6.07) is 14.4. The molecule has 3 aromatic rings. The fourth-order valence-corrected chi connectivity index (χ4v) is 5.44. The fourth-order valence-electron chi connectivity index (χ4n) is 5.20. The summed E-state index contributed by atoms with van der Waals surface area (Å²) in [5.74, 6) is 1.61. The van der Waals surface area contributed by atoms with Crippen LogP contribution in [0, 0.1) is 0 Å². The maximum absolute atomic E-state index is 13.2. The van der Waals surface area contributed by atoms with Crippen LogP contribution in [0.25, 0.3) is 0 Å². The summed E-state index contributed by atoms with van der Waals surface area (Å²) in [6.07, 6.45) is 2.73. The molecular formula is C25H26ClN7O2. The number of hydrogen-bond acceptors (Lipinski definition) is 8. The summed E-state index contributed by atoms with van der Waals surface area (Å²) in [6.45, 7) is 2.34. The number of para-hydroxylation sites is 1. The molecule has 0 spiro atoms. The van der Waals surface area contributed by atoms with Gasteiger partial charge in [-0.3, -0.25) is 9.69 Å². The number of anilines is 5. The summed E-state index contributed by atoms with van der Waals surface area (Å²) in [7, 11) is 3.58. The summed E-state index contributed by atoms with van der Waals surface area (Å²) in [4.78, 5) is 28.2. The molecule has 1 amide bonds. The molecule has 1 aromatic heterocycles. The standard InChI is InChI=1S/C25H26ClN7O2/c1-31-14-33(20-6-4-3-5-19(20)26)24(34)18-12-28-25(30-23(18)31)29-15-7-8-21(22(10-15)35-2)32-13-16-9-17(32)11-27-16/h3-8,10,12,16-17,27H,9,11,13-14H2,1-2H3,(H,28,29,30)/t16-,17+/m1/s1. The van der Waals surface area contributed by atoms with E-state index < -0.39 is 0 Å². The molecule has 2 fully saturated rings. The Morgan fingerprint density at radius 2 is 2.06 bits per heavy atom. The molecule has 35 heavy (non-hydrogen) atoms. The topological polar surface area (TPSA) is 85.9 Å². The van der Waals surface area contributed by atoms with Crippen LogP contribution in [0.1, 0.15) is 16.8 Å². The average molecular weight is 492 g/mol. The predicted molar refractivity (Wildman–Crippen MR) is 137 cm³/mol.